The summed E-state index contributed by atoms with van der Waals surface area (Å²) in [4.78, 5) is 14.0. The maximum atomic E-state index is 12.7. The molecule has 0 saturated carbocycles. The topological polar surface area (TPSA) is 81.6 Å². The Morgan fingerprint density at radius 1 is 1.24 bits per heavy atom. The quantitative estimate of drug-likeness (QED) is 0.471. The molecule has 4 rings (SSSR count). The lowest BCUT2D eigenvalue weighted by Crippen LogP contribution is -2.38. The molecule has 2 heterocycles. The molecule has 25 heavy (non-hydrogen) atoms. The molecule has 0 fully saturated rings. The number of nitrogens with one attached hydrogen (secondary N) is 2. The third-order valence-electron chi connectivity index (χ3n) is 4.80. The van der Waals surface area contributed by atoms with Crippen LogP contribution in [0.1, 0.15) is 45.9 Å². The van der Waals surface area contributed by atoms with Gasteiger partial charge in [-0.25, -0.2) is 0 Å². The van der Waals surface area contributed by atoms with E-state index in [-0.39, 0.29) is 21.9 Å². The number of phenols is 2. The number of rotatable bonds is 1. The summed E-state index contributed by atoms with van der Waals surface area (Å²) in [7, 11) is 0. The van der Waals surface area contributed by atoms with Crippen LogP contribution < -0.4 is 10.6 Å². The average Bonchev–Trinajstić information content (AvgIpc) is 2.93. The van der Waals surface area contributed by atoms with E-state index < -0.39 is 6.17 Å². The van der Waals surface area contributed by atoms with E-state index in [0.29, 0.717) is 16.0 Å². The number of hydrogen-bond acceptors (Lipinski definition) is 5. The van der Waals surface area contributed by atoms with Crippen molar-refractivity contribution in [3.8, 4) is 11.5 Å². The number of halogens is 2. The monoisotopic (exact) mass is 486 g/mol. The number of carbonyl (C=O) groups is 1. The van der Waals surface area contributed by atoms with Gasteiger partial charge < -0.3 is 20.8 Å². The summed E-state index contributed by atoms with van der Waals surface area (Å²) in [6.07, 6.45) is 2.48. The Morgan fingerprint density at radius 3 is 2.76 bits per heavy atom. The smallest absolute Gasteiger partial charge is 0.256 e. The molecule has 2 unspecified atom stereocenters. The number of carbonyl (C=O) groups excluding carboxylic acids is 1. The Balaban J connectivity index is 1.75. The van der Waals surface area contributed by atoms with Crippen LogP contribution in [-0.4, -0.2) is 16.1 Å². The molecule has 4 N–H and O–H groups in total. The van der Waals surface area contributed by atoms with Gasteiger partial charge in [-0.05, 0) is 68.7 Å². The fourth-order valence-electron chi connectivity index (χ4n) is 3.46. The van der Waals surface area contributed by atoms with Crippen molar-refractivity contribution in [2.75, 3.05) is 5.32 Å². The van der Waals surface area contributed by atoms with Crippen LogP contribution in [-0.2, 0) is 12.8 Å². The first kappa shape index (κ1) is 17.2. The Bertz CT molecular complexity index is 897. The van der Waals surface area contributed by atoms with Crippen LogP contribution in [0.15, 0.2) is 15.0 Å². The zero-order chi connectivity index (χ0) is 17.9. The van der Waals surface area contributed by atoms with Crippen LogP contribution in [0.3, 0.4) is 0 Å². The minimum atomic E-state index is -0.564. The van der Waals surface area contributed by atoms with Crippen molar-refractivity contribution in [2.45, 2.75) is 32.4 Å². The molecule has 0 radical (unpaired) electrons. The van der Waals surface area contributed by atoms with Gasteiger partial charge in [-0.15, -0.1) is 11.3 Å². The predicted octanol–water partition coefficient (Wildman–Crippen LogP) is 4.66. The van der Waals surface area contributed by atoms with E-state index in [1.807, 2.05) is 0 Å². The number of amides is 1. The molecule has 1 amide bonds. The molecule has 1 aliphatic heterocycles. The normalized spacial score (nSPS) is 22.0. The fraction of sp³-hybridized carbons (Fsp3) is 0.353. The van der Waals surface area contributed by atoms with Gasteiger partial charge in [0.2, 0.25) is 0 Å². The van der Waals surface area contributed by atoms with Crippen molar-refractivity contribution in [1.29, 1.82) is 0 Å². The highest BCUT2D eigenvalue weighted by atomic mass is 79.9. The maximum absolute atomic E-state index is 12.7. The average molecular weight is 488 g/mol. The zero-order valence-electron chi connectivity index (χ0n) is 13.3. The van der Waals surface area contributed by atoms with Crippen molar-refractivity contribution in [1.82, 2.24) is 5.32 Å². The minimum absolute atomic E-state index is 0.0790. The number of benzene rings is 1. The molecule has 5 nitrogen and oxygen atoms in total. The van der Waals surface area contributed by atoms with Crippen LogP contribution in [0.2, 0.25) is 0 Å². The van der Waals surface area contributed by atoms with E-state index in [0.717, 1.165) is 29.8 Å². The SMILES string of the molecule is CC1CCc2c(sc3c2C(=O)NC(c2cc(Br)c(O)c(Br)c2O)N3)C1. The standard InChI is InChI=1S/C17H16Br2N2O3S/c1-6-2-3-7-10(4-6)25-17-11(7)16(24)20-15(21-17)8-5-9(18)14(23)12(19)13(8)22/h5-6,15,21-23H,2-4H2,1H3,(H,20,24). The molecule has 0 saturated heterocycles. The van der Waals surface area contributed by atoms with Crippen LogP contribution >= 0.6 is 43.2 Å². The van der Waals surface area contributed by atoms with Gasteiger partial charge in [0.1, 0.15) is 27.1 Å². The lowest BCUT2D eigenvalue weighted by molar-refractivity contribution is 0.0935. The van der Waals surface area contributed by atoms with Gasteiger partial charge in [-0.2, -0.15) is 0 Å². The molecular formula is C17H16Br2N2O3S. The van der Waals surface area contributed by atoms with Gasteiger partial charge in [-0.3, -0.25) is 4.79 Å². The van der Waals surface area contributed by atoms with Crippen molar-refractivity contribution < 1.29 is 15.0 Å². The van der Waals surface area contributed by atoms with E-state index in [1.54, 1.807) is 17.4 Å². The summed E-state index contributed by atoms with van der Waals surface area (Å²) >= 11 is 8.08. The molecule has 2 aliphatic rings. The second kappa shape index (κ2) is 6.17. The van der Waals surface area contributed by atoms with E-state index in [1.165, 1.54) is 10.4 Å². The molecule has 0 bridgehead atoms. The highest BCUT2D eigenvalue weighted by Crippen LogP contribution is 2.46. The summed E-state index contributed by atoms with van der Waals surface area (Å²) in [6, 6.07) is 1.61. The van der Waals surface area contributed by atoms with Crippen molar-refractivity contribution in [3.63, 3.8) is 0 Å². The van der Waals surface area contributed by atoms with Crippen molar-refractivity contribution in [2.24, 2.45) is 5.92 Å². The molecule has 1 aliphatic carbocycles. The number of thiophene rings is 1. The number of hydrogen-bond donors (Lipinski definition) is 4. The van der Waals surface area contributed by atoms with Crippen molar-refractivity contribution in [3.05, 3.63) is 36.6 Å². The summed E-state index contributed by atoms with van der Waals surface area (Å²) in [5.74, 6) is 0.339. The molecular weight excluding hydrogens is 472 g/mol. The maximum Gasteiger partial charge on any atom is 0.256 e. The molecule has 2 atom stereocenters. The van der Waals surface area contributed by atoms with Gasteiger partial charge in [0.15, 0.2) is 0 Å². The van der Waals surface area contributed by atoms with Gasteiger partial charge in [0, 0.05) is 10.4 Å². The Labute approximate surface area is 165 Å². The summed E-state index contributed by atoms with van der Waals surface area (Å²) in [5, 5.41) is 27.4. The number of aromatic hydroxyl groups is 2. The fourth-order valence-corrected chi connectivity index (χ4v) is 6.05. The minimum Gasteiger partial charge on any atom is -0.506 e. The van der Waals surface area contributed by atoms with E-state index in [2.05, 4.69) is 49.4 Å². The predicted molar refractivity (Wildman–Crippen MR) is 105 cm³/mol. The molecule has 8 heteroatoms. The second-order valence-corrected chi connectivity index (χ2v) is 9.32. The Hall–Kier alpha value is -1.25. The van der Waals surface area contributed by atoms with Gasteiger partial charge in [0.25, 0.3) is 5.91 Å². The van der Waals surface area contributed by atoms with Gasteiger partial charge in [0.05, 0.1) is 10.0 Å². The first-order valence-electron chi connectivity index (χ1n) is 7.98. The van der Waals surface area contributed by atoms with Crippen LogP contribution in [0.5, 0.6) is 11.5 Å². The van der Waals surface area contributed by atoms with Crippen LogP contribution in [0.4, 0.5) is 5.00 Å². The largest absolute Gasteiger partial charge is 0.506 e. The van der Waals surface area contributed by atoms with Crippen LogP contribution in [0.25, 0.3) is 0 Å². The summed E-state index contributed by atoms with van der Waals surface area (Å²) in [5.41, 5.74) is 2.40. The summed E-state index contributed by atoms with van der Waals surface area (Å²) < 4.78 is 0.631. The Morgan fingerprint density at radius 2 is 2.00 bits per heavy atom. The molecule has 1 aromatic heterocycles. The Kier molecular flexibility index (Phi) is 4.24. The molecule has 132 valence electrons. The number of phenolic OH excluding ortho intramolecular Hbond substituents is 2. The van der Waals surface area contributed by atoms with E-state index in [4.69, 9.17) is 0 Å². The van der Waals surface area contributed by atoms with Gasteiger partial charge >= 0.3 is 0 Å². The zero-order valence-corrected chi connectivity index (χ0v) is 17.3. The lowest BCUT2D eigenvalue weighted by atomic mass is 9.88. The first-order chi connectivity index (χ1) is 11.9. The number of fused-ring (bicyclic) bond motifs is 3. The molecule has 0 spiro atoms. The third-order valence-corrected chi connectivity index (χ3v) is 7.34. The first-order valence-corrected chi connectivity index (χ1v) is 10.4. The van der Waals surface area contributed by atoms with Gasteiger partial charge in [-0.1, -0.05) is 6.92 Å². The van der Waals surface area contributed by atoms with E-state index in [9.17, 15) is 15.0 Å². The number of anilines is 1. The second-order valence-electron chi connectivity index (χ2n) is 6.57. The molecule has 2 aromatic rings. The van der Waals surface area contributed by atoms with E-state index >= 15 is 0 Å². The highest BCUT2D eigenvalue weighted by molar-refractivity contribution is 9.11. The molecule has 1 aromatic carbocycles. The third kappa shape index (κ3) is 2.74. The highest BCUT2D eigenvalue weighted by Gasteiger charge is 2.34. The lowest BCUT2D eigenvalue weighted by Gasteiger charge is -2.28. The van der Waals surface area contributed by atoms with Crippen LogP contribution in [0, 0.1) is 5.92 Å². The van der Waals surface area contributed by atoms with Crippen molar-refractivity contribution >= 4 is 54.1 Å². The summed E-state index contributed by atoms with van der Waals surface area (Å²) in [6.45, 7) is 2.24.